The van der Waals surface area contributed by atoms with Crippen molar-refractivity contribution >= 4 is 5.97 Å². The summed E-state index contributed by atoms with van der Waals surface area (Å²) in [6, 6.07) is 0. The lowest BCUT2D eigenvalue weighted by Gasteiger charge is -1.84. The molecule has 0 aliphatic heterocycles. The number of hydrogen-bond acceptors (Lipinski definition) is 3. The number of esters is 1. The molecule has 0 heterocycles. The SMILES string of the molecule is COC(=O)C=CO. The van der Waals surface area contributed by atoms with Gasteiger partial charge in [0.2, 0.25) is 0 Å². The highest BCUT2D eigenvalue weighted by atomic mass is 16.5. The van der Waals surface area contributed by atoms with E-state index in [1.807, 2.05) is 0 Å². The van der Waals surface area contributed by atoms with Gasteiger partial charge in [-0.2, -0.15) is 0 Å². The monoisotopic (exact) mass is 102 g/mol. The highest BCUT2D eigenvalue weighted by Gasteiger charge is 1.85. The minimum Gasteiger partial charge on any atom is -0.515 e. The summed E-state index contributed by atoms with van der Waals surface area (Å²) >= 11 is 0. The van der Waals surface area contributed by atoms with Gasteiger partial charge in [0.05, 0.1) is 19.4 Å². The fraction of sp³-hybridized carbons (Fsp3) is 0.250. The maximum atomic E-state index is 9.94. The Labute approximate surface area is 41.2 Å². The van der Waals surface area contributed by atoms with Gasteiger partial charge < -0.3 is 9.84 Å². The Kier molecular flexibility index (Phi) is 2.76. The van der Waals surface area contributed by atoms with Crippen molar-refractivity contribution in [2.24, 2.45) is 0 Å². The first-order chi connectivity index (χ1) is 3.31. The number of aliphatic hydroxyl groups is 1. The Balaban J connectivity index is 3.37. The van der Waals surface area contributed by atoms with Crippen molar-refractivity contribution in [1.82, 2.24) is 0 Å². The predicted molar refractivity (Wildman–Crippen MR) is 23.8 cm³/mol. The third-order valence-electron chi connectivity index (χ3n) is 0.412. The van der Waals surface area contributed by atoms with E-state index in [0.717, 1.165) is 6.08 Å². The number of carbonyl (C=O) groups excluding carboxylic acids is 1. The number of aliphatic hydroxyl groups excluding tert-OH is 1. The lowest BCUT2D eigenvalue weighted by atomic mass is 10.6. The lowest BCUT2D eigenvalue weighted by molar-refractivity contribution is -0.134. The molecule has 40 valence electrons. The second-order valence-corrected chi connectivity index (χ2v) is 0.839. The van der Waals surface area contributed by atoms with Crippen molar-refractivity contribution in [3.05, 3.63) is 12.3 Å². The van der Waals surface area contributed by atoms with Crippen LogP contribution in [0, 0.1) is 0 Å². The van der Waals surface area contributed by atoms with Crippen LogP contribution < -0.4 is 0 Å². The molecule has 7 heavy (non-hydrogen) atoms. The molecule has 0 aliphatic rings. The van der Waals surface area contributed by atoms with E-state index in [1.165, 1.54) is 7.11 Å². The predicted octanol–water partition coefficient (Wildman–Crippen LogP) is 0.231. The third-order valence-corrected chi connectivity index (χ3v) is 0.412. The molecule has 3 heteroatoms. The van der Waals surface area contributed by atoms with Crippen molar-refractivity contribution < 1.29 is 14.6 Å². The van der Waals surface area contributed by atoms with Crippen LogP contribution in [0.15, 0.2) is 12.3 Å². The summed E-state index contributed by atoms with van der Waals surface area (Å²) in [5.41, 5.74) is 0. The first-order valence-electron chi connectivity index (χ1n) is 1.70. The molecule has 0 saturated heterocycles. The molecule has 0 unspecified atom stereocenters. The van der Waals surface area contributed by atoms with Gasteiger partial charge in [-0.15, -0.1) is 0 Å². The van der Waals surface area contributed by atoms with Crippen LogP contribution in [0.1, 0.15) is 0 Å². The Morgan fingerprint density at radius 3 is 2.57 bits per heavy atom. The van der Waals surface area contributed by atoms with Crippen molar-refractivity contribution in [3.8, 4) is 0 Å². The average Bonchev–Trinajstić information content (AvgIpc) is 1.68. The second-order valence-electron chi connectivity index (χ2n) is 0.839. The zero-order valence-electron chi connectivity index (χ0n) is 3.92. The van der Waals surface area contributed by atoms with E-state index < -0.39 is 5.97 Å². The van der Waals surface area contributed by atoms with Crippen molar-refractivity contribution in [1.29, 1.82) is 0 Å². The molecule has 0 aliphatic carbocycles. The number of hydrogen-bond donors (Lipinski definition) is 1. The molecule has 0 atom stereocenters. The van der Waals surface area contributed by atoms with Crippen LogP contribution in [0.4, 0.5) is 0 Å². The summed E-state index contributed by atoms with van der Waals surface area (Å²) in [6.07, 6.45) is 1.55. The van der Waals surface area contributed by atoms with Gasteiger partial charge in [0, 0.05) is 0 Å². The summed E-state index contributed by atoms with van der Waals surface area (Å²) in [7, 11) is 1.24. The number of ether oxygens (including phenoxy) is 1. The molecule has 0 amide bonds. The van der Waals surface area contributed by atoms with E-state index in [9.17, 15) is 4.79 Å². The van der Waals surface area contributed by atoms with E-state index in [4.69, 9.17) is 5.11 Å². The maximum absolute atomic E-state index is 9.94. The summed E-state index contributed by atoms with van der Waals surface area (Å²) in [5, 5.41) is 7.89. The molecule has 0 rings (SSSR count). The molecule has 0 bridgehead atoms. The number of rotatable bonds is 1. The molecule has 0 aromatic heterocycles. The van der Waals surface area contributed by atoms with Crippen LogP contribution >= 0.6 is 0 Å². The fourth-order valence-corrected chi connectivity index (χ4v) is 0.129. The lowest BCUT2D eigenvalue weighted by Crippen LogP contribution is -1.92. The molecule has 0 spiro atoms. The Morgan fingerprint density at radius 2 is 2.43 bits per heavy atom. The van der Waals surface area contributed by atoms with Gasteiger partial charge in [-0.05, 0) is 0 Å². The molecular formula is C4H6O3. The van der Waals surface area contributed by atoms with E-state index in [2.05, 4.69) is 4.74 Å². The molecule has 0 aromatic rings. The zero-order valence-corrected chi connectivity index (χ0v) is 3.92. The van der Waals surface area contributed by atoms with Crippen molar-refractivity contribution in [2.75, 3.05) is 7.11 Å². The van der Waals surface area contributed by atoms with Crippen LogP contribution in [0.3, 0.4) is 0 Å². The highest BCUT2D eigenvalue weighted by Crippen LogP contribution is 1.71. The summed E-state index contributed by atoms with van der Waals surface area (Å²) in [4.78, 5) is 9.94. The van der Waals surface area contributed by atoms with E-state index >= 15 is 0 Å². The van der Waals surface area contributed by atoms with Gasteiger partial charge in [-0.25, -0.2) is 4.79 Å². The summed E-state index contributed by atoms with van der Waals surface area (Å²) in [5.74, 6) is -0.553. The van der Waals surface area contributed by atoms with Crippen LogP contribution in [0.5, 0.6) is 0 Å². The highest BCUT2D eigenvalue weighted by molar-refractivity contribution is 5.81. The smallest absolute Gasteiger partial charge is 0.333 e. The van der Waals surface area contributed by atoms with E-state index in [0.29, 0.717) is 6.26 Å². The fourth-order valence-electron chi connectivity index (χ4n) is 0.129. The van der Waals surface area contributed by atoms with E-state index in [-0.39, 0.29) is 0 Å². The molecule has 1 N–H and O–H groups in total. The maximum Gasteiger partial charge on any atom is 0.333 e. The van der Waals surface area contributed by atoms with Crippen LogP contribution in [0.25, 0.3) is 0 Å². The number of carbonyl (C=O) groups is 1. The largest absolute Gasteiger partial charge is 0.515 e. The van der Waals surface area contributed by atoms with Gasteiger partial charge in [-0.1, -0.05) is 0 Å². The normalized spacial score (nSPS) is 9.29. The van der Waals surface area contributed by atoms with E-state index in [1.54, 1.807) is 0 Å². The van der Waals surface area contributed by atoms with Crippen molar-refractivity contribution in [2.45, 2.75) is 0 Å². The van der Waals surface area contributed by atoms with Crippen LogP contribution in [-0.4, -0.2) is 18.2 Å². The van der Waals surface area contributed by atoms with Gasteiger partial charge in [0.1, 0.15) is 0 Å². The molecule has 0 radical (unpaired) electrons. The topological polar surface area (TPSA) is 46.5 Å². The first kappa shape index (κ1) is 6.01. The Hall–Kier alpha value is -0.990. The Morgan fingerprint density at radius 1 is 1.86 bits per heavy atom. The van der Waals surface area contributed by atoms with Crippen LogP contribution in [-0.2, 0) is 9.53 Å². The molecule has 0 saturated carbocycles. The molecular weight excluding hydrogens is 96.0 g/mol. The van der Waals surface area contributed by atoms with Gasteiger partial charge in [0.25, 0.3) is 0 Å². The van der Waals surface area contributed by atoms with Crippen molar-refractivity contribution in [3.63, 3.8) is 0 Å². The summed E-state index contributed by atoms with van der Waals surface area (Å²) in [6.45, 7) is 0. The number of methoxy groups -OCH3 is 1. The third kappa shape index (κ3) is 2.82. The first-order valence-corrected chi connectivity index (χ1v) is 1.70. The van der Waals surface area contributed by atoms with Gasteiger partial charge >= 0.3 is 5.97 Å². The van der Waals surface area contributed by atoms with Crippen LogP contribution in [0.2, 0.25) is 0 Å². The minimum absolute atomic E-state index is 0.553. The van der Waals surface area contributed by atoms with Gasteiger partial charge in [0.15, 0.2) is 0 Å². The average molecular weight is 102 g/mol. The zero-order chi connectivity index (χ0) is 5.70. The molecule has 0 aromatic carbocycles. The molecule has 3 nitrogen and oxygen atoms in total. The minimum atomic E-state index is -0.553. The van der Waals surface area contributed by atoms with Gasteiger partial charge in [-0.3, -0.25) is 0 Å². The quantitative estimate of drug-likeness (QED) is 0.293. The summed E-state index contributed by atoms with van der Waals surface area (Å²) < 4.78 is 4.10. The molecule has 0 fully saturated rings. The standard InChI is InChI=1S/C4H6O3/c1-7-4(6)2-3-5/h2-3,5H,1H3. The second kappa shape index (κ2) is 3.21. The Bertz CT molecular complexity index is 84.9.